The van der Waals surface area contributed by atoms with Gasteiger partial charge in [0.25, 0.3) is 0 Å². The van der Waals surface area contributed by atoms with E-state index in [1.807, 2.05) is 0 Å². The van der Waals surface area contributed by atoms with Crippen LogP contribution in [0.25, 0.3) is 10.4 Å². The van der Waals surface area contributed by atoms with Crippen LogP contribution >= 0.6 is 0 Å². The molecule has 1 aliphatic heterocycles. The molecule has 1 fully saturated rings. The lowest BCUT2D eigenvalue weighted by atomic mass is 9.86. The van der Waals surface area contributed by atoms with E-state index in [-0.39, 0.29) is 18.9 Å². The molecule has 1 aliphatic rings. The molecule has 0 aromatic carbocycles. The largest absolute Gasteiger partial charge is 0.391 e. The molecule has 1 heterocycles. The van der Waals surface area contributed by atoms with Gasteiger partial charge in [-0.3, -0.25) is 9.59 Å². The van der Waals surface area contributed by atoms with E-state index in [1.165, 1.54) is 11.9 Å². The number of carbonyl (C=O) groups is 2. The molecule has 0 aliphatic carbocycles. The zero-order chi connectivity index (χ0) is 15.5. The van der Waals surface area contributed by atoms with Crippen molar-refractivity contribution >= 4 is 11.8 Å². The Morgan fingerprint density at radius 3 is 2.55 bits per heavy atom. The maximum atomic E-state index is 12.5. The van der Waals surface area contributed by atoms with Crippen LogP contribution in [0.2, 0.25) is 0 Å². The second kappa shape index (κ2) is 6.11. The SMILES string of the molecule is CNC(=O)C1CC(O)CN1C(=O)C(N=[N+]=[N-])C(C)(C)C. The fourth-order valence-corrected chi connectivity index (χ4v) is 2.27. The molecular formula is C12H21N5O3. The number of carbonyl (C=O) groups excluding carboxylic acids is 2. The summed E-state index contributed by atoms with van der Waals surface area (Å²) >= 11 is 0. The standard InChI is InChI=1S/C12H21N5O3/c1-12(2,3)9(15-16-13)11(20)17-6-7(18)5-8(17)10(19)14-4/h7-9,18H,5-6H2,1-4H3,(H,14,19). The second-order valence-corrected chi connectivity index (χ2v) is 5.98. The first-order chi connectivity index (χ1) is 9.22. The summed E-state index contributed by atoms with van der Waals surface area (Å²) in [7, 11) is 1.48. The predicted octanol–water partition coefficient (Wildman–Crippen LogP) is 0.419. The summed E-state index contributed by atoms with van der Waals surface area (Å²) in [5, 5.41) is 15.7. The fourth-order valence-electron chi connectivity index (χ4n) is 2.27. The Balaban J connectivity index is 3.03. The molecule has 1 saturated heterocycles. The zero-order valence-electron chi connectivity index (χ0n) is 12.2. The molecule has 112 valence electrons. The van der Waals surface area contributed by atoms with E-state index in [9.17, 15) is 14.7 Å². The molecule has 0 aromatic rings. The van der Waals surface area contributed by atoms with Gasteiger partial charge in [0.05, 0.1) is 6.10 Å². The van der Waals surface area contributed by atoms with E-state index < -0.39 is 29.5 Å². The Morgan fingerprint density at radius 2 is 2.10 bits per heavy atom. The van der Waals surface area contributed by atoms with Crippen LogP contribution in [0.1, 0.15) is 27.2 Å². The van der Waals surface area contributed by atoms with Gasteiger partial charge >= 0.3 is 0 Å². The molecule has 3 atom stereocenters. The lowest BCUT2D eigenvalue weighted by Gasteiger charge is -2.32. The zero-order valence-corrected chi connectivity index (χ0v) is 12.2. The average molecular weight is 283 g/mol. The Labute approximate surface area is 117 Å². The van der Waals surface area contributed by atoms with Crippen molar-refractivity contribution in [3.8, 4) is 0 Å². The number of likely N-dealkylation sites (N-methyl/N-ethyl adjacent to an activating group) is 1. The maximum Gasteiger partial charge on any atom is 0.242 e. The van der Waals surface area contributed by atoms with Gasteiger partial charge in [-0.25, -0.2) is 0 Å². The molecule has 8 heteroatoms. The summed E-state index contributed by atoms with van der Waals surface area (Å²) in [6.45, 7) is 5.42. The van der Waals surface area contributed by atoms with Gasteiger partial charge in [-0.15, -0.1) is 0 Å². The van der Waals surface area contributed by atoms with Crippen LogP contribution in [0.15, 0.2) is 5.11 Å². The van der Waals surface area contributed by atoms with Gasteiger partial charge in [0.2, 0.25) is 11.8 Å². The number of β-amino-alcohol motifs (C(OH)–C–C–N with tert-alkyl or cyclic N) is 1. The van der Waals surface area contributed by atoms with E-state index in [0.717, 1.165) is 0 Å². The summed E-state index contributed by atoms with van der Waals surface area (Å²) in [6, 6.07) is -1.63. The molecule has 8 nitrogen and oxygen atoms in total. The normalized spacial score (nSPS) is 23.9. The minimum absolute atomic E-state index is 0.0739. The van der Waals surface area contributed by atoms with Gasteiger partial charge in [-0.05, 0) is 10.9 Å². The van der Waals surface area contributed by atoms with Crippen molar-refractivity contribution in [2.24, 2.45) is 10.5 Å². The van der Waals surface area contributed by atoms with Gasteiger partial charge in [-0.1, -0.05) is 25.9 Å². The highest BCUT2D eigenvalue weighted by molar-refractivity contribution is 5.90. The van der Waals surface area contributed by atoms with Crippen LogP contribution in [0.5, 0.6) is 0 Å². The van der Waals surface area contributed by atoms with Gasteiger partial charge in [0.1, 0.15) is 12.1 Å². The van der Waals surface area contributed by atoms with Gasteiger partial charge in [-0.2, -0.15) is 0 Å². The van der Waals surface area contributed by atoms with Gasteiger partial charge in [0.15, 0.2) is 0 Å². The van der Waals surface area contributed by atoms with Crippen molar-refractivity contribution < 1.29 is 14.7 Å². The molecule has 0 spiro atoms. The molecule has 20 heavy (non-hydrogen) atoms. The number of likely N-dealkylation sites (tertiary alicyclic amines) is 1. The molecule has 1 rings (SSSR count). The number of aliphatic hydroxyl groups excluding tert-OH is 1. The number of amides is 2. The minimum atomic E-state index is -0.912. The van der Waals surface area contributed by atoms with E-state index in [1.54, 1.807) is 20.8 Å². The number of hydrogen-bond acceptors (Lipinski definition) is 4. The van der Waals surface area contributed by atoms with Crippen LogP contribution in [0.3, 0.4) is 0 Å². The number of hydrogen-bond donors (Lipinski definition) is 2. The maximum absolute atomic E-state index is 12.5. The Bertz CT molecular complexity index is 439. The van der Waals surface area contributed by atoms with Gasteiger partial charge < -0.3 is 15.3 Å². The summed E-state index contributed by atoms with van der Waals surface area (Å²) in [6.07, 6.45) is -0.550. The molecule has 0 aromatic heterocycles. The van der Waals surface area contributed by atoms with E-state index >= 15 is 0 Å². The third-order valence-electron chi connectivity index (χ3n) is 3.33. The topological polar surface area (TPSA) is 118 Å². The van der Waals surface area contributed by atoms with Gasteiger partial charge in [0, 0.05) is 24.9 Å². The van der Waals surface area contributed by atoms with E-state index in [0.29, 0.717) is 0 Å². The third kappa shape index (κ3) is 3.40. The molecule has 2 N–H and O–H groups in total. The van der Waals surface area contributed by atoms with Crippen molar-refractivity contribution in [3.63, 3.8) is 0 Å². The first kappa shape index (κ1) is 16.3. The number of rotatable bonds is 3. The highest BCUT2D eigenvalue weighted by Gasteiger charge is 2.43. The number of azide groups is 1. The van der Waals surface area contributed by atoms with E-state index in [2.05, 4.69) is 15.3 Å². The molecule has 2 amide bonds. The molecule has 3 unspecified atom stereocenters. The lowest BCUT2D eigenvalue weighted by Crippen LogP contribution is -2.50. The van der Waals surface area contributed by atoms with Crippen molar-refractivity contribution in [1.29, 1.82) is 0 Å². The Kier molecular flexibility index (Phi) is 4.97. The Morgan fingerprint density at radius 1 is 1.50 bits per heavy atom. The summed E-state index contributed by atoms with van der Waals surface area (Å²) in [5.74, 6) is -0.760. The summed E-state index contributed by atoms with van der Waals surface area (Å²) in [5.41, 5.74) is 8.06. The number of nitrogens with zero attached hydrogens (tertiary/aromatic N) is 4. The lowest BCUT2D eigenvalue weighted by molar-refractivity contribution is -0.141. The molecular weight excluding hydrogens is 262 g/mol. The average Bonchev–Trinajstić information content (AvgIpc) is 2.75. The summed E-state index contributed by atoms with van der Waals surface area (Å²) in [4.78, 5) is 28.3. The van der Waals surface area contributed by atoms with Crippen LogP contribution in [0, 0.1) is 5.41 Å². The van der Waals surface area contributed by atoms with Crippen molar-refractivity contribution in [2.75, 3.05) is 13.6 Å². The molecule has 0 bridgehead atoms. The minimum Gasteiger partial charge on any atom is -0.391 e. The second-order valence-electron chi connectivity index (χ2n) is 5.98. The number of aliphatic hydroxyl groups is 1. The smallest absolute Gasteiger partial charge is 0.242 e. The van der Waals surface area contributed by atoms with Crippen LogP contribution < -0.4 is 5.32 Å². The number of nitrogens with one attached hydrogen (secondary N) is 1. The molecule has 0 saturated carbocycles. The Hall–Kier alpha value is -1.79. The summed E-state index contributed by atoms with van der Waals surface area (Å²) < 4.78 is 0. The van der Waals surface area contributed by atoms with Crippen molar-refractivity contribution in [1.82, 2.24) is 10.2 Å². The molecule has 0 radical (unpaired) electrons. The monoisotopic (exact) mass is 283 g/mol. The van der Waals surface area contributed by atoms with Crippen LogP contribution in [-0.4, -0.2) is 53.6 Å². The predicted molar refractivity (Wildman–Crippen MR) is 72.6 cm³/mol. The van der Waals surface area contributed by atoms with Crippen LogP contribution in [-0.2, 0) is 9.59 Å². The van der Waals surface area contributed by atoms with Crippen LogP contribution in [0.4, 0.5) is 0 Å². The van der Waals surface area contributed by atoms with E-state index in [4.69, 9.17) is 5.53 Å². The third-order valence-corrected chi connectivity index (χ3v) is 3.33. The quantitative estimate of drug-likeness (QED) is 0.444. The fraction of sp³-hybridized carbons (Fsp3) is 0.833. The van der Waals surface area contributed by atoms with Crippen molar-refractivity contribution in [3.05, 3.63) is 10.4 Å². The first-order valence-electron chi connectivity index (χ1n) is 6.46. The highest BCUT2D eigenvalue weighted by Crippen LogP contribution is 2.28. The highest BCUT2D eigenvalue weighted by atomic mass is 16.3. The first-order valence-corrected chi connectivity index (χ1v) is 6.46. The van der Waals surface area contributed by atoms with Crippen molar-refractivity contribution in [2.45, 2.75) is 45.4 Å².